The highest BCUT2D eigenvalue weighted by Crippen LogP contribution is 2.61. The molecule has 0 saturated heterocycles. The van der Waals surface area contributed by atoms with E-state index in [4.69, 9.17) is 0 Å². The van der Waals surface area contributed by atoms with Crippen molar-refractivity contribution in [3.8, 4) is 0 Å². The first-order valence-electron chi connectivity index (χ1n) is 7.94. The van der Waals surface area contributed by atoms with E-state index in [2.05, 4.69) is 10.0 Å². The van der Waals surface area contributed by atoms with Crippen molar-refractivity contribution in [3.05, 3.63) is 24.3 Å². The quantitative estimate of drug-likeness (QED) is 0.814. The van der Waals surface area contributed by atoms with Crippen molar-refractivity contribution in [2.24, 2.45) is 11.3 Å². The molecular formula is C16H22N2O2S. The van der Waals surface area contributed by atoms with Gasteiger partial charge < -0.3 is 5.32 Å². The van der Waals surface area contributed by atoms with Crippen molar-refractivity contribution in [1.82, 2.24) is 4.72 Å². The van der Waals surface area contributed by atoms with Gasteiger partial charge in [-0.3, -0.25) is 0 Å². The summed E-state index contributed by atoms with van der Waals surface area (Å²) in [5.41, 5.74) is 1.57. The topological polar surface area (TPSA) is 58.2 Å². The summed E-state index contributed by atoms with van der Waals surface area (Å²) in [7, 11) is -3.33. The van der Waals surface area contributed by atoms with Crippen LogP contribution >= 0.6 is 0 Å². The van der Waals surface area contributed by atoms with Gasteiger partial charge in [0.2, 0.25) is 10.0 Å². The van der Waals surface area contributed by atoms with Crippen LogP contribution in [0, 0.1) is 11.3 Å². The first-order valence-corrected chi connectivity index (χ1v) is 9.42. The van der Waals surface area contributed by atoms with Gasteiger partial charge in [-0.25, -0.2) is 13.1 Å². The first kappa shape index (κ1) is 13.6. The number of hydrogen-bond acceptors (Lipinski definition) is 3. The van der Waals surface area contributed by atoms with Crippen LogP contribution in [0.4, 0.5) is 5.69 Å². The highest BCUT2D eigenvalue weighted by molar-refractivity contribution is 7.89. The van der Waals surface area contributed by atoms with Crippen molar-refractivity contribution in [1.29, 1.82) is 0 Å². The molecule has 3 saturated carbocycles. The Kier molecular flexibility index (Phi) is 3.05. The van der Waals surface area contributed by atoms with E-state index >= 15 is 0 Å². The van der Waals surface area contributed by atoms with Crippen LogP contribution in [0.5, 0.6) is 0 Å². The molecule has 21 heavy (non-hydrogen) atoms. The summed E-state index contributed by atoms with van der Waals surface area (Å²) in [6.07, 6.45) is 7.41. The summed E-state index contributed by atoms with van der Waals surface area (Å²) in [6, 6.07) is 7.31. The minimum Gasteiger partial charge on any atom is -0.384 e. The fraction of sp³-hybridized carbons (Fsp3) is 0.625. The van der Waals surface area contributed by atoms with E-state index in [0.717, 1.165) is 31.0 Å². The Hall–Kier alpha value is -1.07. The Balaban J connectivity index is 1.39. The number of hydrogen-bond donors (Lipinski definition) is 2. The van der Waals surface area contributed by atoms with Crippen molar-refractivity contribution >= 4 is 15.7 Å². The maximum atomic E-state index is 12.1. The Morgan fingerprint density at radius 2 is 1.71 bits per heavy atom. The fourth-order valence-corrected chi connectivity index (χ4v) is 4.41. The van der Waals surface area contributed by atoms with Crippen molar-refractivity contribution in [2.75, 3.05) is 11.9 Å². The standard InChI is InChI=1S/C16H22N2O2S/c19-21(20,18-14-3-4-14)15-7-5-13(6-8-15)17-11-16(9-10-16)12-1-2-12/h5-8,12,14,17-18H,1-4,9-11H2. The van der Waals surface area contributed by atoms with E-state index in [9.17, 15) is 8.42 Å². The van der Waals surface area contributed by atoms with E-state index in [0.29, 0.717) is 10.3 Å². The van der Waals surface area contributed by atoms with Crippen LogP contribution < -0.4 is 10.0 Å². The van der Waals surface area contributed by atoms with Crippen LogP contribution in [0.3, 0.4) is 0 Å². The van der Waals surface area contributed by atoms with Gasteiger partial charge in [-0.05, 0) is 74.1 Å². The van der Waals surface area contributed by atoms with Crippen LogP contribution in [0.25, 0.3) is 0 Å². The second kappa shape index (κ2) is 4.71. The lowest BCUT2D eigenvalue weighted by atomic mass is 10.0. The van der Waals surface area contributed by atoms with Crippen LogP contribution in [0.15, 0.2) is 29.2 Å². The van der Waals surface area contributed by atoms with E-state index in [1.807, 2.05) is 12.1 Å². The second-order valence-corrected chi connectivity index (χ2v) is 8.62. The predicted molar refractivity (Wildman–Crippen MR) is 82.7 cm³/mol. The maximum absolute atomic E-state index is 12.1. The van der Waals surface area contributed by atoms with Gasteiger partial charge in [0.1, 0.15) is 0 Å². The molecule has 0 atom stereocenters. The molecular weight excluding hydrogens is 284 g/mol. The van der Waals surface area contributed by atoms with Gasteiger partial charge in [-0.2, -0.15) is 0 Å². The summed E-state index contributed by atoms with van der Waals surface area (Å²) >= 11 is 0. The third-order valence-corrected chi connectivity index (χ3v) is 6.58. The van der Waals surface area contributed by atoms with Crippen LogP contribution in [-0.4, -0.2) is 21.0 Å². The summed E-state index contributed by atoms with van der Waals surface area (Å²) in [5, 5.41) is 3.49. The molecule has 3 aliphatic rings. The minimum absolute atomic E-state index is 0.154. The molecule has 0 heterocycles. The normalized spacial score (nSPS) is 23.8. The molecule has 1 aromatic carbocycles. The summed E-state index contributed by atoms with van der Waals surface area (Å²) in [5.74, 6) is 0.937. The third-order valence-electron chi connectivity index (χ3n) is 5.04. The fourth-order valence-electron chi connectivity index (χ4n) is 3.10. The first-order chi connectivity index (χ1) is 10.1. The lowest BCUT2D eigenvalue weighted by molar-refractivity contribution is 0.467. The van der Waals surface area contributed by atoms with Gasteiger partial charge in [-0.15, -0.1) is 0 Å². The lowest BCUT2D eigenvalue weighted by Gasteiger charge is -2.16. The molecule has 4 nitrogen and oxygen atoms in total. The molecule has 0 aliphatic heterocycles. The average Bonchev–Trinajstić information content (AvgIpc) is 3.31. The van der Waals surface area contributed by atoms with Gasteiger partial charge >= 0.3 is 0 Å². The largest absolute Gasteiger partial charge is 0.384 e. The molecule has 0 aromatic heterocycles. The highest BCUT2D eigenvalue weighted by atomic mass is 32.2. The molecule has 0 radical (unpaired) electrons. The zero-order valence-corrected chi connectivity index (χ0v) is 13.0. The SMILES string of the molecule is O=S(=O)(NC1CC1)c1ccc(NCC2(C3CC3)CC2)cc1. The van der Waals surface area contributed by atoms with Crippen molar-refractivity contribution in [3.63, 3.8) is 0 Å². The van der Waals surface area contributed by atoms with Crippen molar-refractivity contribution in [2.45, 2.75) is 49.5 Å². The van der Waals surface area contributed by atoms with Crippen LogP contribution in [0.1, 0.15) is 38.5 Å². The molecule has 0 spiro atoms. The summed E-state index contributed by atoms with van der Waals surface area (Å²) < 4.78 is 26.9. The smallest absolute Gasteiger partial charge is 0.240 e. The Morgan fingerprint density at radius 1 is 1.05 bits per heavy atom. The van der Waals surface area contributed by atoms with Gasteiger partial charge in [-0.1, -0.05) is 0 Å². The van der Waals surface area contributed by atoms with Gasteiger partial charge in [0.15, 0.2) is 0 Å². The van der Waals surface area contributed by atoms with Crippen LogP contribution in [-0.2, 0) is 10.0 Å². The van der Waals surface area contributed by atoms with E-state index in [-0.39, 0.29) is 6.04 Å². The van der Waals surface area contributed by atoms with E-state index in [1.54, 1.807) is 12.1 Å². The number of sulfonamides is 1. The summed E-state index contributed by atoms with van der Waals surface area (Å²) in [6.45, 7) is 1.03. The molecule has 0 amide bonds. The Labute approximate surface area is 126 Å². The highest BCUT2D eigenvalue weighted by Gasteiger charge is 2.53. The van der Waals surface area contributed by atoms with Crippen LogP contribution in [0.2, 0.25) is 0 Å². The van der Waals surface area contributed by atoms with E-state index < -0.39 is 10.0 Å². The lowest BCUT2D eigenvalue weighted by Crippen LogP contribution is -2.25. The second-order valence-electron chi connectivity index (χ2n) is 6.91. The molecule has 3 fully saturated rings. The average molecular weight is 306 g/mol. The summed E-state index contributed by atoms with van der Waals surface area (Å²) in [4.78, 5) is 0.364. The van der Waals surface area contributed by atoms with Gasteiger partial charge in [0, 0.05) is 18.3 Å². The van der Waals surface area contributed by atoms with Gasteiger partial charge in [0.05, 0.1) is 4.90 Å². The molecule has 3 aliphatic carbocycles. The molecule has 5 heteroatoms. The minimum atomic E-state index is -3.33. The predicted octanol–water partition coefficient (Wildman–Crippen LogP) is 2.73. The molecule has 4 rings (SSSR count). The van der Waals surface area contributed by atoms with Gasteiger partial charge in [0.25, 0.3) is 0 Å². The van der Waals surface area contributed by atoms with E-state index in [1.165, 1.54) is 25.7 Å². The number of rotatable bonds is 7. The molecule has 2 N–H and O–H groups in total. The molecule has 1 aromatic rings. The zero-order chi connectivity index (χ0) is 14.5. The number of benzene rings is 1. The molecule has 0 bridgehead atoms. The third kappa shape index (κ3) is 2.94. The Bertz CT molecular complexity index is 627. The molecule has 0 unspecified atom stereocenters. The molecule has 114 valence electrons. The Morgan fingerprint density at radius 3 is 2.24 bits per heavy atom. The monoisotopic (exact) mass is 306 g/mol. The number of anilines is 1. The van der Waals surface area contributed by atoms with Crippen molar-refractivity contribution < 1.29 is 8.42 Å². The number of nitrogens with one attached hydrogen (secondary N) is 2. The maximum Gasteiger partial charge on any atom is 0.240 e. The zero-order valence-electron chi connectivity index (χ0n) is 12.1.